The van der Waals surface area contributed by atoms with Crippen LogP contribution in [0.5, 0.6) is 11.5 Å². The van der Waals surface area contributed by atoms with E-state index < -0.39 is 9.84 Å². The highest BCUT2D eigenvalue weighted by Gasteiger charge is 2.15. The first-order valence-corrected chi connectivity index (χ1v) is 10.4. The van der Waals surface area contributed by atoms with Gasteiger partial charge in [0, 0.05) is 18.0 Å². The number of hydrogen-bond acceptors (Lipinski definition) is 6. The van der Waals surface area contributed by atoms with Gasteiger partial charge in [-0.05, 0) is 42.8 Å². The number of sulfone groups is 1. The Balaban J connectivity index is 1.57. The molecule has 0 saturated heterocycles. The van der Waals surface area contributed by atoms with E-state index in [0.717, 1.165) is 17.6 Å². The van der Waals surface area contributed by atoms with Crippen LogP contribution in [0.15, 0.2) is 47.4 Å². The zero-order valence-corrected chi connectivity index (χ0v) is 16.0. The normalized spacial score (nSPS) is 14.4. The van der Waals surface area contributed by atoms with E-state index in [1.54, 1.807) is 12.1 Å². The van der Waals surface area contributed by atoms with Gasteiger partial charge in [0.25, 0.3) is 0 Å². The lowest BCUT2D eigenvalue weighted by Gasteiger charge is -2.21. The third-order valence-electron chi connectivity index (χ3n) is 4.18. The first-order valence-electron chi connectivity index (χ1n) is 8.56. The van der Waals surface area contributed by atoms with Crippen LogP contribution >= 0.6 is 0 Å². The topological polar surface area (TPSA) is 93.7 Å². The van der Waals surface area contributed by atoms with E-state index in [9.17, 15) is 13.2 Å². The molecule has 1 amide bonds. The molecule has 1 aliphatic heterocycles. The first-order chi connectivity index (χ1) is 12.8. The molecule has 0 aliphatic carbocycles. The molecule has 1 atom stereocenters. The summed E-state index contributed by atoms with van der Waals surface area (Å²) in [5, 5.41) is 5.84. The van der Waals surface area contributed by atoms with Crippen molar-refractivity contribution in [3.05, 3.63) is 48.0 Å². The van der Waals surface area contributed by atoms with Gasteiger partial charge in [-0.15, -0.1) is 0 Å². The van der Waals surface area contributed by atoms with Crippen LogP contribution in [0.25, 0.3) is 0 Å². The zero-order chi connectivity index (χ0) is 19.4. The van der Waals surface area contributed by atoms with Gasteiger partial charge in [-0.3, -0.25) is 4.79 Å². The second-order valence-corrected chi connectivity index (χ2v) is 8.37. The molecule has 1 heterocycles. The molecule has 0 aromatic heterocycles. The monoisotopic (exact) mass is 390 g/mol. The molecule has 1 unspecified atom stereocenters. The number of carbonyl (C=O) groups excluding carboxylic acids is 1. The number of rotatable bonds is 6. The van der Waals surface area contributed by atoms with E-state index in [4.69, 9.17) is 9.47 Å². The van der Waals surface area contributed by atoms with Gasteiger partial charge in [0.15, 0.2) is 21.3 Å². The maximum Gasteiger partial charge on any atom is 0.238 e. The van der Waals surface area contributed by atoms with Crippen molar-refractivity contribution in [1.29, 1.82) is 0 Å². The Kier molecular flexibility index (Phi) is 5.67. The Labute approximate surface area is 158 Å². The predicted molar refractivity (Wildman–Crippen MR) is 102 cm³/mol. The summed E-state index contributed by atoms with van der Waals surface area (Å²) in [5.74, 6) is 1.17. The van der Waals surface area contributed by atoms with E-state index in [1.165, 1.54) is 12.1 Å². The van der Waals surface area contributed by atoms with E-state index >= 15 is 0 Å². The van der Waals surface area contributed by atoms with Crippen molar-refractivity contribution in [2.75, 3.05) is 31.3 Å². The first kappa shape index (κ1) is 19.2. The minimum Gasteiger partial charge on any atom is -0.486 e. The van der Waals surface area contributed by atoms with Gasteiger partial charge < -0.3 is 20.1 Å². The summed E-state index contributed by atoms with van der Waals surface area (Å²) in [6.45, 7) is 3.09. The molecule has 2 aromatic carbocycles. The minimum absolute atomic E-state index is 0.0751. The average molecular weight is 390 g/mol. The fraction of sp³-hybridized carbons (Fsp3) is 0.316. The molecule has 0 radical (unpaired) electrons. The molecule has 0 fully saturated rings. The van der Waals surface area contributed by atoms with Crippen molar-refractivity contribution in [3.8, 4) is 11.5 Å². The third kappa shape index (κ3) is 4.99. The summed E-state index contributed by atoms with van der Waals surface area (Å²) in [7, 11) is -3.32. The van der Waals surface area contributed by atoms with Crippen LogP contribution in [0.2, 0.25) is 0 Å². The number of ether oxygens (including phenoxy) is 2. The van der Waals surface area contributed by atoms with E-state index in [1.807, 2.05) is 25.1 Å². The molecule has 27 heavy (non-hydrogen) atoms. The molecular formula is C19H22N2O5S. The summed E-state index contributed by atoms with van der Waals surface area (Å²) in [4.78, 5) is 12.3. The quantitative estimate of drug-likeness (QED) is 0.785. The highest BCUT2D eigenvalue weighted by atomic mass is 32.2. The van der Waals surface area contributed by atoms with Gasteiger partial charge in [-0.25, -0.2) is 8.42 Å². The number of hydrogen-bond donors (Lipinski definition) is 2. The van der Waals surface area contributed by atoms with Crippen LogP contribution < -0.4 is 20.1 Å². The summed E-state index contributed by atoms with van der Waals surface area (Å²) in [6.07, 6.45) is 1.13. The number of carbonyl (C=O) groups is 1. The van der Waals surface area contributed by atoms with Crippen LogP contribution in [-0.4, -0.2) is 40.3 Å². The Hall–Kier alpha value is -2.58. The third-order valence-corrected chi connectivity index (χ3v) is 5.29. The highest BCUT2D eigenvalue weighted by molar-refractivity contribution is 7.90. The number of benzene rings is 2. The lowest BCUT2D eigenvalue weighted by molar-refractivity contribution is -0.115. The predicted octanol–water partition coefficient (Wildman–Crippen LogP) is 2.15. The van der Waals surface area contributed by atoms with E-state index in [-0.39, 0.29) is 23.4 Å². The molecule has 0 spiro atoms. The summed E-state index contributed by atoms with van der Waals surface area (Å²) in [5.41, 5.74) is 1.42. The molecule has 2 aromatic rings. The molecule has 2 N–H and O–H groups in total. The Bertz CT molecular complexity index is 943. The van der Waals surface area contributed by atoms with Gasteiger partial charge in [0.2, 0.25) is 5.91 Å². The zero-order valence-electron chi connectivity index (χ0n) is 15.2. The van der Waals surface area contributed by atoms with Crippen molar-refractivity contribution in [2.45, 2.75) is 17.9 Å². The van der Waals surface area contributed by atoms with Crippen LogP contribution in [0.1, 0.15) is 18.5 Å². The lowest BCUT2D eigenvalue weighted by Crippen LogP contribution is -2.30. The van der Waals surface area contributed by atoms with Crippen LogP contribution in [0.4, 0.5) is 5.69 Å². The van der Waals surface area contributed by atoms with Gasteiger partial charge in [0.05, 0.1) is 11.4 Å². The largest absolute Gasteiger partial charge is 0.486 e. The van der Waals surface area contributed by atoms with Crippen LogP contribution in [0, 0.1) is 0 Å². The molecule has 0 saturated carbocycles. The van der Waals surface area contributed by atoms with Gasteiger partial charge >= 0.3 is 0 Å². The van der Waals surface area contributed by atoms with E-state index in [0.29, 0.717) is 24.7 Å². The van der Waals surface area contributed by atoms with Crippen LogP contribution in [0.3, 0.4) is 0 Å². The molecule has 8 heteroatoms. The summed E-state index contributed by atoms with van der Waals surface area (Å²) in [6, 6.07) is 11.8. The van der Waals surface area contributed by atoms with Crippen molar-refractivity contribution in [2.24, 2.45) is 0 Å². The Morgan fingerprint density at radius 3 is 2.59 bits per heavy atom. The second-order valence-electron chi connectivity index (χ2n) is 6.35. The van der Waals surface area contributed by atoms with Crippen molar-refractivity contribution >= 4 is 21.4 Å². The number of amides is 1. The standard InChI is InChI=1S/C19H22N2O5S/c1-13(14-6-7-17-18(10-14)26-9-8-25-17)20-12-19(22)21-15-4-3-5-16(11-15)27(2,23)24/h3-7,10-11,13,20H,8-9,12H2,1-2H3,(H,21,22). The average Bonchev–Trinajstić information content (AvgIpc) is 2.65. The van der Waals surface area contributed by atoms with Crippen molar-refractivity contribution in [3.63, 3.8) is 0 Å². The van der Waals surface area contributed by atoms with Crippen molar-refractivity contribution in [1.82, 2.24) is 5.32 Å². The number of nitrogens with one attached hydrogen (secondary N) is 2. The van der Waals surface area contributed by atoms with Crippen molar-refractivity contribution < 1.29 is 22.7 Å². The molecule has 7 nitrogen and oxygen atoms in total. The summed E-state index contributed by atoms with van der Waals surface area (Å²) >= 11 is 0. The fourth-order valence-corrected chi connectivity index (χ4v) is 3.37. The maximum absolute atomic E-state index is 12.2. The van der Waals surface area contributed by atoms with Gasteiger partial charge in [-0.2, -0.15) is 0 Å². The molecule has 0 bridgehead atoms. The SMILES string of the molecule is CC(NCC(=O)Nc1cccc(S(C)(=O)=O)c1)c1ccc2c(c1)OCCO2. The smallest absolute Gasteiger partial charge is 0.238 e. The highest BCUT2D eigenvalue weighted by Crippen LogP contribution is 2.32. The molecule has 1 aliphatic rings. The number of anilines is 1. The Morgan fingerprint density at radius 1 is 1.11 bits per heavy atom. The van der Waals surface area contributed by atoms with Gasteiger partial charge in [-0.1, -0.05) is 12.1 Å². The van der Waals surface area contributed by atoms with Gasteiger partial charge in [0.1, 0.15) is 13.2 Å². The fourth-order valence-electron chi connectivity index (χ4n) is 2.70. The summed E-state index contributed by atoms with van der Waals surface area (Å²) < 4.78 is 34.3. The molecular weight excluding hydrogens is 368 g/mol. The Morgan fingerprint density at radius 2 is 1.85 bits per heavy atom. The molecule has 3 rings (SSSR count). The van der Waals surface area contributed by atoms with E-state index in [2.05, 4.69) is 10.6 Å². The second kappa shape index (κ2) is 7.98. The maximum atomic E-state index is 12.2. The van der Waals surface area contributed by atoms with Crippen LogP contribution in [-0.2, 0) is 14.6 Å². The number of fused-ring (bicyclic) bond motifs is 1. The minimum atomic E-state index is -3.32. The lowest BCUT2D eigenvalue weighted by atomic mass is 10.1. The molecule has 144 valence electrons.